The molecule has 1 aromatic heterocycles. The number of nitrogens with one attached hydrogen (secondary N) is 1. The van der Waals surface area contributed by atoms with Crippen LogP contribution < -0.4 is 10.1 Å². The lowest BCUT2D eigenvalue weighted by Gasteiger charge is -2.21. The van der Waals surface area contributed by atoms with Crippen LogP contribution in [0.4, 0.5) is 0 Å². The topological polar surface area (TPSA) is 51.2 Å². The molecular weight excluding hydrogens is 308 g/mol. The van der Waals surface area contributed by atoms with E-state index in [0.29, 0.717) is 0 Å². The van der Waals surface area contributed by atoms with Gasteiger partial charge in [0.1, 0.15) is 5.75 Å². The van der Waals surface area contributed by atoms with Gasteiger partial charge in [0.25, 0.3) is 0 Å². The van der Waals surface area contributed by atoms with E-state index >= 15 is 0 Å². The molecule has 5 heteroatoms. The summed E-state index contributed by atoms with van der Waals surface area (Å²) in [4.78, 5) is 16.8. The van der Waals surface area contributed by atoms with Gasteiger partial charge in [-0.25, -0.2) is 0 Å². The summed E-state index contributed by atoms with van der Waals surface area (Å²) in [6.07, 6.45) is 5.60. The number of carbonyl (C=O) groups excluding carboxylic acids is 1. The van der Waals surface area contributed by atoms with E-state index in [-0.39, 0.29) is 17.2 Å². The molecule has 2 aromatic rings. The predicted molar refractivity (Wildman–Crippen MR) is 92.7 cm³/mol. The van der Waals surface area contributed by atoms with Gasteiger partial charge in [-0.05, 0) is 47.9 Å². The second kappa shape index (κ2) is 7.51. The van der Waals surface area contributed by atoms with Crippen molar-refractivity contribution in [2.45, 2.75) is 24.1 Å². The van der Waals surface area contributed by atoms with E-state index in [2.05, 4.69) is 10.3 Å². The summed E-state index contributed by atoms with van der Waals surface area (Å²) in [6, 6.07) is 11.5. The molecule has 2 heterocycles. The lowest BCUT2D eigenvalue weighted by Crippen LogP contribution is -2.35. The smallest absolute Gasteiger partial charge is 0.233 e. The molecule has 0 unspecified atom stereocenters. The number of pyridine rings is 1. The largest absolute Gasteiger partial charge is 0.497 e. The number of methoxy groups -OCH3 is 1. The summed E-state index contributed by atoms with van der Waals surface area (Å²) in [5.41, 5.74) is 1.96. The molecule has 1 aliphatic heterocycles. The number of rotatable bonds is 5. The molecular formula is C18H20N2O2S. The van der Waals surface area contributed by atoms with Crippen molar-refractivity contribution in [3.05, 3.63) is 59.9 Å². The van der Waals surface area contributed by atoms with Gasteiger partial charge in [-0.1, -0.05) is 18.2 Å². The molecule has 3 rings (SSSR count). The van der Waals surface area contributed by atoms with Crippen molar-refractivity contribution in [2.24, 2.45) is 0 Å². The third kappa shape index (κ3) is 3.85. The van der Waals surface area contributed by atoms with E-state index in [9.17, 15) is 4.79 Å². The van der Waals surface area contributed by atoms with Crippen LogP contribution in [-0.2, 0) is 4.79 Å². The lowest BCUT2D eigenvalue weighted by atomic mass is 9.99. The van der Waals surface area contributed by atoms with Crippen LogP contribution in [0.2, 0.25) is 0 Å². The van der Waals surface area contributed by atoms with Gasteiger partial charge in [-0.2, -0.15) is 0 Å². The molecule has 1 N–H and O–H groups in total. The van der Waals surface area contributed by atoms with Gasteiger partial charge >= 0.3 is 0 Å². The first-order valence-corrected chi connectivity index (χ1v) is 8.78. The zero-order valence-electron chi connectivity index (χ0n) is 13.1. The third-order valence-electron chi connectivity index (χ3n) is 3.95. The number of amides is 1. The van der Waals surface area contributed by atoms with Gasteiger partial charge in [-0.15, -0.1) is 11.8 Å². The first-order chi connectivity index (χ1) is 11.3. The second-order valence-corrected chi connectivity index (χ2v) is 6.82. The van der Waals surface area contributed by atoms with Crippen molar-refractivity contribution in [3.63, 3.8) is 0 Å². The Kier molecular flexibility index (Phi) is 5.18. The zero-order valence-corrected chi connectivity index (χ0v) is 13.9. The molecule has 120 valence electrons. The van der Waals surface area contributed by atoms with Crippen LogP contribution in [0.25, 0.3) is 0 Å². The van der Waals surface area contributed by atoms with E-state index in [4.69, 9.17) is 4.74 Å². The van der Waals surface area contributed by atoms with Crippen LogP contribution in [0.15, 0.2) is 48.8 Å². The molecule has 1 amide bonds. The average Bonchev–Trinajstić information content (AvgIpc) is 3.15. The van der Waals surface area contributed by atoms with Crippen LogP contribution in [0.5, 0.6) is 5.75 Å². The highest BCUT2D eigenvalue weighted by atomic mass is 32.2. The Bertz CT molecular complexity index is 657. The van der Waals surface area contributed by atoms with Crippen molar-refractivity contribution >= 4 is 17.7 Å². The zero-order chi connectivity index (χ0) is 16.1. The first kappa shape index (κ1) is 15.9. The number of hydrogen-bond acceptors (Lipinski definition) is 4. The van der Waals surface area contributed by atoms with E-state index in [1.165, 1.54) is 0 Å². The molecule has 0 spiro atoms. The number of thioether (sulfide) groups is 1. The normalized spacial score (nSPS) is 18.4. The molecule has 2 atom stereocenters. The highest BCUT2D eigenvalue weighted by Gasteiger charge is 2.26. The minimum absolute atomic E-state index is 0.0554. The SMILES string of the molecule is COc1cccc([C@H](NC(=O)[C@H]2CCCS2)c2cccnc2)c1. The predicted octanol–water partition coefficient (Wildman–Crippen LogP) is 3.19. The fraction of sp³-hybridized carbons (Fsp3) is 0.333. The molecule has 0 radical (unpaired) electrons. The molecule has 23 heavy (non-hydrogen) atoms. The summed E-state index contributed by atoms with van der Waals surface area (Å²) >= 11 is 1.74. The fourth-order valence-corrected chi connectivity index (χ4v) is 3.92. The van der Waals surface area contributed by atoms with Crippen LogP contribution in [0, 0.1) is 0 Å². The Labute approximate surface area is 140 Å². The Balaban J connectivity index is 1.88. The van der Waals surface area contributed by atoms with Crippen molar-refractivity contribution in [1.82, 2.24) is 10.3 Å². The Hall–Kier alpha value is -2.01. The Morgan fingerprint density at radius 1 is 1.35 bits per heavy atom. The van der Waals surface area contributed by atoms with Gasteiger partial charge in [-0.3, -0.25) is 9.78 Å². The summed E-state index contributed by atoms with van der Waals surface area (Å²) < 4.78 is 5.31. The summed E-state index contributed by atoms with van der Waals surface area (Å²) in [5, 5.41) is 3.24. The summed E-state index contributed by atoms with van der Waals surface area (Å²) in [7, 11) is 1.64. The highest BCUT2D eigenvalue weighted by Crippen LogP contribution is 2.29. The lowest BCUT2D eigenvalue weighted by molar-refractivity contribution is -0.121. The van der Waals surface area contributed by atoms with E-state index < -0.39 is 0 Å². The summed E-state index contributed by atoms with van der Waals surface area (Å²) in [6.45, 7) is 0. The molecule has 1 aromatic carbocycles. The minimum atomic E-state index is -0.215. The second-order valence-electron chi connectivity index (χ2n) is 5.51. The highest BCUT2D eigenvalue weighted by molar-refractivity contribution is 8.00. The number of benzene rings is 1. The number of carbonyl (C=O) groups is 1. The molecule has 1 saturated heterocycles. The van der Waals surface area contributed by atoms with Gasteiger partial charge in [0.15, 0.2) is 0 Å². The monoisotopic (exact) mass is 328 g/mol. The maximum atomic E-state index is 12.6. The molecule has 0 saturated carbocycles. The van der Waals surface area contributed by atoms with Gasteiger partial charge < -0.3 is 10.1 Å². The standard InChI is InChI=1S/C18H20N2O2S/c1-22-15-7-2-5-13(11-15)17(14-6-3-9-19-12-14)20-18(21)16-8-4-10-23-16/h2-3,5-7,9,11-12,16-17H,4,8,10H2,1H3,(H,20,21)/t16-,17+/m1/s1. The molecule has 4 nitrogen and oxygen atoms in total. The Morgan fingerprint density at radius 2 is 2.22 bits per heavy atom. The molecule has 1 aliphatic rings. The van der Waals surface area contributed by atoms with Crippen molar-refractivity contribution in [3.8, 4) is 5.75 Å². The number of nitrogens with zero attached hydrogens (tertiary/aromatic N) is 1. The van der Waals surface area contributed by atoms with Crippen molar-refractivity contribution in [1.29, 1.82) is 0 Å². The van der Waals surface area contributed by atoms with Crippen LogP contribution in [0.3, 0.4) is 0 Å². The van der Waals surface area contributed by atoms with E-state index in [1.54, 1.807) is 31.3 Å². The van der Waals surface area contributed by atoms with Crippen LogP contribution >= 0.6 is 11.8 Å². The third-order valence-corrected chi connectivity index (χ3v) is 5.33. The fourth-order valence-electron chi connectivity index (χ4n) is 2.75. The Morgan fingerprint density at radius 3 is 2.91 bits per heavy atom. The van der Waals surface area contributed by atoms with Crippen molar-refractivity contribution in [2.75, 3.05) is 12.9 Å². The van der Waals surface area contributed by atoms with Crippen LogP contribution in [0.1, 0.15) is 30.0 Å². The summed E-state index contributed by atoms with van der Waals surface area (Å²) in [5.74, 6) is 1.94. The minimum Gasteiger partial charge on any atom is -0.497 e. The van der Waals surface area contributed by atoms with Gasteiger partial charge in [0, 0.05) is 12.4 Å². The average molecular weight is 328 g/mol. The molecule has 0 bridgehead atoms. The first-order valence-electron chi connectivity index (χ1n) is 7.74. The number of ether oxygens (including phenoxy) is 1. The maximum absolute atomic E-state index is 12.6. The quantitative estimate of drug-likeness (QED) is 0.916. The van der Waals surface area contributed by atoms with E-state index in [1.807, 2.05) is 36.4 Å². The maximum Gasteiger partial charge on any atom is 0.233 e. The van der Waals surface area contributed by atoms with Gasteiger partial charge in [0.2, 0.25) is 5.91 Å². The number of hydrogen-bond donors (Lipinski definition) is 1. The molecule has 0 aliphatic carbocycles. The van der Waals surface area contributed by atoms with Gasteiger partial charge in [0.05, 0.1) is 18.4 Å². The van der Waals surface area contributed by atoms with Crippen LogP contribution in [-0.4, -0.2) is 29.0 Å². The molecule has 1 fully saturated rings. The van der Waals surface area contributed by atoms with E-state index in [0.717, 1.165) is 35.5 Å². The number of aromatic nitrogens is 1. The van der Waals surface area contributed by atoms with Crippen molar-refractivity contribution < 1.29 is 9.53 Å².